The highest BCUT2D eigenvalue weighted by Gasteiger charge is 2.45. The Kier molecular flexibility index (Phi) is 5.35. The molecule has 2 saturated heterocycles. The van der Waals surface area contributed by atoms with Crippen molar-refractivity contribution in [1.82, 2.24) is 4.90 Å². The maximum Gasteiger partial charge on any atom is 0.244 e. The van der Waals surface area contributed by atoms with Gasteiger partial charge in [0.1, 0.15) is 17.6 Å². The number of rotatable bonds is 4. The van der Waals surface area contributed by atoms with Gasteiger partial charge in [-0.1, -0.05) is 24.3 Å². The highest BCUT2D eigenvalue weighted by atomic mass is 16.5. The van der Waals surface area contributed by atoms with E-state index in [-0.39, 0.29) is 18.1 Å². The van der Waals surface area contributed by atoms with Crippen molar-refractivity contribution in [2.24, 2.45) is 0 Å². The Bertz CT molecular complexity index is 894. The molecule has 0 spiro atoms. The molecule has 3 heterocycles. The summed E-state index contributed by atoms with van der Waals surface area (Å²) in [7, 11) is 1.66. The molecule has 2 aromatic carbocycles. The Morgan fingerprint density at radius 2 is 1.83 bits per heavy atom. The van der Waals surface area contributed by atoms with Crippen LogP contribution in [0.2, 0.25) is 0 Å². The zero-order chi connectivity index (χ0) is 20.5. The maximum absolute atomic E-state index is 13.9. The van der Waals surface area contributed by atoms with Gasteiger partial charge in [-0.15, -0.1) is 0 Å². The van der Waals surface area contributed by atoms with E-state index >= 15 is 0 Å². The molecule has 30 heavy (non-hydrogen) atoms. The average molecular weight is 408 g/mol. The monoisotopic (exact) mass is 408 g/mol. The van der Waals surface area contributed by atoms with E-state index in [1.165, 1.54) is 0 Å². The molecular formula is C24H28N2O4. The Morgan fingerprint density at radius 1 is 1.07 bits per heavy atom. The second-order valence-electron chi connectivity index (χ2n) is 8.27. The van der Waals surface area contributed by atoms with Gasteiger partial charge < -0.3 is 19.1 Å². The number of hydrogen-bond donors (Lipinski definition) is 0. The molecule has 5 rings (SSSR count). The topological polar surface area (TPSA) is 51.2 Å². The summed E-state index contributed by atoms with van der Waals surface area (Å²) in [5.41, 5.74) is 1.91. The van der Waals surface area contributed by atoms with Crippen LogP contribution in [-0.4, -0.2) is 55.9 Å². The lowest BCUT2D eigenvalue weighted by Gasteiger charge is -2.36. The van der Waals surface area contributed by atoms with Gasteiger partial charge in [0.15, 0.2) is 0 Å². The molecule has 2 unspecified atom stereocenters. The van der Waals surface area contributed by atoms with E-state index in [4.69, 9.17) is 14.2 Å². The number of carbonyl (C=O) groups excluding carboxylic acids is 1. The number of fused-ring (bicyclic) bond motifs is 3. The van der Waals surface area contributed by atoms with Gasteiger partial charge in [0.2, 0.25) is 5.91 Å². The summed E-state index contributed by atoms with van der Waals surface area (Å²) in [6.07, 6.45) is 2.74. The summed E-state index contributed by atoms with van der Waals surface area (Å²) in [5, 5.41) is 0. The Morgan fingerprint density at radius 3 is 2.60 bits per heavy atom. The van der Waals surface area contributed by atoms with E-state index in [0.29, 0.717) is 12.6 Å². The third-order valence-corrected chi connectivity index (χ3v) is 6.46. The first-order chi connectivity index (χ1) is 14.7. The number of nitrogens with zero attached hydrogens (tertiary/aromatic N) is 2. The predicted octanol–water partition coefficient (Wildman–Crippen LogP) is 3.24. The third kappa shape index (κ3) is 3.66. The quantitative estimate of drug-likeness (QED) is 0.777. The Balaban J connectivity index is 1.48. The molecule has 2 atom stereocenters. The van der Waals surface area contributed by atoms with E-state index in [1.807, 2.05) is 53.4 Å². The van der Waals surface area contributed by atoms with Gasteiger partial charge in [-0.2, -0.15) is 0 Å². The summed E-state index contributed by atoms with van der Waals surface area (Å²) >= 11 is 0. The Labute approximate surface area is 177 Å². The van der Waals surface area contributed by atoms with Crippen molar-refractivity contribution >= 4 is 11.6 Å². The van der Waals surface area contributed by atoms with Gasteiger partial charge in [0.25, 0.3) is 0 Å². The molecule has 0 radical (unpaired) electrons. The van der Waals surface area contributed by atoms with Crippen molar-refractivity contribution in [1.29, 1.82) is 0 Å². The number of methoxy groups -OCH3 is 1. The molecule has 3 aliphatic rings. The molecule has 6 nitrogen and oxygen atoms in total. The van der Waals surface area contributed by atoms with Crippen molar-refractivity contribution in [2.75, 3.05) is 31.8 Å². The Hall–Kier alpha value is -2.57. The molecule has 2 fully saturated rings. The molecule has 6 heteroatoms. The van der Waals surface area contributed by atoms with Crippen LogP contribution in [0, 0.1) is 0 Å². The van der Waals surface area contributed by atoms with Gasteiger partial charge in [-0.3, -0.25) is 9.69 Å². The molecule has 2 bridgehead atoms. The summed E-state index contributed by atoms with van der Waals surface area (Å²) in [4.78, 5) is 18.1. The fourth-order valence-corrected chi connectivity index (χ4v) is 4.90. The van der Waals surface area contributed by atoms with Crippen LogP contribution in [-0.2, 0) is 16.1 Å². The van der Waals surface area contributed by atoms with E-state index in [9.17, 15) is 4.79 Å². The molecule has 0 saturated carbocycles. The molecule has 3 aliphatic heterocycles. The first-order valence-corrected chi connectivity index (χ1v) is 10.8. The highest BCUT2D eigenvalue weighted by molar-refractivity contribution is 5.99. The minimum atomic E-state index is -0.148. The molecule has 2 aromatic rings. The minimum Gasteiger partial charge on any atom is -0.497 e. The number of likely N-dealkylation sites (tertiary alicyclic amines) is 1. The van der Waals surface area contributed by atoms with Gasteiger partial charge in [0.05, 0.1) is 25.4 Å². The van der Waals surface area contributed by atoms with Crippen molar-refractivity contribution in [3.05, 3.63) is 54.1 Å². The summed E-state index contributed by atoms with van der Waals surface area (Å²) < 4.78 is 17.2. The summed E-state index contributed by atoms with van der Waals surface area (Å²) in [5.74, 6) is 1.76. The fourth-order valence-electron chi connectivity index (χ4n) is 4.90. The molecule has 0 aromatic heterocycles. The number of para-hydroxylation sites is 2. The summed E-state index contributed by atoms with van der Waals surface area (Å²) in [6.45, 7) is 2.84. The van der Waals surface area contributed by atoms with Crippen molar-refractivity contribution < 1.29 is 19.0 Å². The lowest BCUT2D eigenvalue weighted by molar-refractivity contribution is -0.124. The second-order valence-corrected chi connectivity index (χ2v) is 8.27. The number of amides is 1. The van der Waals surface area contributed by atoms with E-state index in [2.05, 4.69) is 4.90 Å². The number of ether oxygens (including phenoxy) is 3. The van der Waals surface area contributed by atoms with Crippen LogP contribution in [0.1, 0.15) is 24.8 Å². The third-order valence-electron chi connectivity index (χ3n) is 6.46. The second kappa shape index (κ2) is 8.28. The van der Waals surface area contributed by atoms with Crippen molar-refractivity contribution in [3.8, 4) is 11.5 Å². The normalized spacial score (nSPS) is 24.7. The number of anilines is 1. The molecular weight excluding hydrogens is 380 g/mol. The first-order valence-electron chi connectivity index (χ1n) is 10.8. The molecule has 0 N–H and O–H groups in total. The van der Waals surface area contributed by atoms with Crippen LogP contribution in [0.5, 0.6) is 11.5 Å². The average Bonchev–Trinajstić information content (AvgIpc) is 3.23. The van der Waals surface area contributed by atoms with Gasteiger partial charge in [0, 0.05) is 32.2 Å². The highest BCUT2D eigenvalue weighted by Crippen LogP contribution is 2.38. The maximum atomic E-state index is 13.9. The van der Waals surface area contributed by atoms with Crippen LogP contribution in [0.15, 0.2) is 48.5 Å². The SMILES string of the molecule is COc1ccc(CN2C(=O)C3CC(CN3C3CCOCC3)Oc3ccccc32)cc1. The lowest BCUT2D eigenvalue weighted by Crippen LogP contribution is -2.50. The van der Waals surface area contributed by atoms with Crippen LogP contribution >= 0.6 is 0 Å². The fraction of sp³-hybridized carbons (Fsp3) is 0.458. The zero-order valence-corrected chi connectivity index (χ0v) is 17.3. The van der Waals surface area contributed by atoms with E-state index in [1.54, 1.807) is 7.11 Å². The van der Waals surface area contributed by atoms with Gasteiger partial charge in [-0.05, 0) is 42.7 Å². The number of benzene rings is 2. The number of carbonyl (C=O) groups is 1. The first kappa shape index (κ1) is 19.4. The molecule has 158 valence electrons. The van der Waals surface area contributed by atoms with E-state index in [0.717, 1.165) is 61.8 Å². The minimum absolute atomic E-state index is 0.0473. The van der Waals surface area contributed by atoms with E-state index < -0.39 is 0 Å². The lowest BCUT2D eigenvalue weighted by atomic mass is 10.0. The predicted molar refractivity (Wildman–Crippen MR) is 114 cm³/mol. The molecule has 1 amide bonds. The standard InChI is InChI=1S/C24H28N2O4/c1-28-19-8-6-17(7-9-19)15-26-21-4-2-3-5-23(21)30-20-14-22(24(26)27)25(16-20)18-10-12-29-13-11-18/h2-9,18,20,22H,10-16H2,1H3. The van der Waals surface area contributed by atoms with Crippen LogP contribution in [0.3, 0.4) is 0 Å². The van der Waals surface area contributed by atoms with Crippen molar-refractivity contribution in [3.63, 3.8) is 0 Å². The van der Waals surface area contributed by atoms with Crippen LogP contribution < -0.4 is 14.4 Å². The van der Waals surface area contributed by atoms with Crippen LogP contribution in [0.25, 0.3) is 0 Å². The van der Waals surface area contributed by atoms with Crippen LogP contribution in [0.4, 0.5) is 5.69 Å². The molecule has 0 aliphatic carbocycles. The van der Waals surface area contributed by atoms with Gasteiger partial charge in [-0.25, -0.2) is 0 Å². The largest absolute Gasteiger partial charge is 0.497 e. The van der Waals surface area contributed by atoms with Gasteiger partial charge >= 0.3 is 0 Å². The number of hydrogen-bond acceptors (Lipinski definition) is 5. The summed E-state index contributed by atoms with van der Waals surface area (Å²) in [6, 6.07) is 16.0. The smallest absolute Gasteiger partial charge is 0.244 e. The zero-order valence-electron chi connectivity index (χ0n) is 17.3. The van der Waals surface area contributed by atoms with Crippen molar-refractivity contribution in [2.45, 2.75) is 44.0 Å².